The van der Waals surface area contributed by atoms with Gasteiger partial charge in [0.05, 0.1) is 24.9 Å². The van der Waals surface area contributed by atoms with E-state index in [-0.39, 0.29) is 18.8 Å². The first kappa shape index (κ1) is 18.0. The van der Waals surface area contributed by atoms with Crippen LogP contribution in [-0.2, 0) is 24.0 Å². The number of benzene rings is 2. The first-order valence-corrected chi connectivity index (χ1v) is 9.83. The van der Waals surface area contributed by atoms with Gasteiger partial charge in [0.15, 0.2) is 0 Å². The van der Waals surface area contributed by atoms with E-state index in [1.165, 1.54) is 36.0 Å². The highest BCUT2D eigenvalue weighted by molar-refractivity contribution is 6.31. The van der Waals surface area contributed by atoms with Crippen LogP contribution in [0.2, 0.25) is 5.02 Å². The maximum atomic E-state index is 10.1. The summed E-state index contributed by atoms with van der Waals surface area (Å²) in [6.07, 6.45) is 4.50. The van der Waals surface area contributed by atoms with Crippen LogP contribution >= 0.6 is 11.6 Å². The van der Waals surface area contributed by atoms with E-state index in [0.717, 1.165) is 22.6 Å². The SMILES string of the molecule is OCC1CC(O)CC(c2ccc(Cl)c(Cc3ccc4c(c3)CCC4)c2)O1. The molecule has 0 saturated carbocycles. The molecule has 4 rings (SSSR count). The Kier molecular flexibility index (Phi) is 5.32. The molecular formula is C22H25ClO3. The summed E-state index contributed by atoms with van der Waals surface area (Å²) in [4.78, 5) is 0. The summed E-state index contributed by atoms with van der Waals surface area (Å²) in [5, 5.41) is 20.2. The van der Waals surface area contributed by atoms with Gasteiger partial charge in [-0.1, -0.05) is 41.9 Å². The fourth-order valence-electron chi connectivity index (χ4n) is 4.21. The lowest BCUT2D eigenvalue weighted by Gasteiger charge is -2.32. The summed E-state index contributed by atoms with van der Waals surface area (Å²) in [5.74, 6) is 0. The molecule has 2 aromatic rings. The molecule has 0 spiro atoms. The van der Waals surface area contributed by atoms with E-state index in [9.17, 15) is 10.2 Å². The predicted molar refractivity (Wildman–Crippen MR) is 103 cm³/mol. The van der Waals surface area contributed by atoms with E-state index in [2.05, 4.69) is 24.3 Å². The third-order valence-electron chi connectivity index (χ3n) is 5.58. The van der Waals surface area contributed by atoms with Crippen LogP contribution in [0.25, 0.3) is 0 Å². The van der Waals surface area contributed by atoms with E-state index < -0.39 is 6.10 Å². The summed E-state index contributed by atoms with van der Waals surface area (Å²) in [6, 6.07) is 12.7. The van der Waals surface area contributed by atoms with Crippen molar-refractivity contribution in [3.8, 4) is 0 Å². The molecule has 1 fully saturated rings. The minimum absolute atomic E-state index is 0.0663. The molecule has 1 aliphatic heterocycles. The number of halogens is 1. The summed E-state index contributed by atoms with van der Waals surface area (Å²) < 4.78 is 5.94. The number of aliphatic hydroxyl groups is 2. The molecule has 2 aliphatic rings. The molecule has 4 heteroatoms. The molecule has 1 saturated heterocycles. The number of aliphatic hydroxyl groups excluding tert-OH is 2. The molecular weight excluding hydrogens is 348 g/mol. The van der Waals surface area contributed by atoms with E-state index >= 15 is 0 Å². The number of ether oxygens (including phenoxy) is 1. The van der Waals surface area contributed by atoms with Crippen LogP contribution in [0.15, 0.2) is 36.4 Å². The molecule has 0 amide bonds. The maximum absolute atomic E-state index is 10.1. The Balaban J connectivity index is 1.56. The molecule has 1 heterocycles. The van der Waals surface area contributed by atoms with Crippen molar-refractivity contribution in [3.63, 3.8) is 0 Å². The van der Waals surface area contributed by atoms with Gasteiger partial charge in [0, 0.05) is 17.9 Å². The summed E-state index contributed by atoms with van der Waals surface area (Å²) in [7, 11) is 0. The fraction of sp³-hybridized carbons (Fsp3) is 0.455. The molecule has 3 nitrogen and oxygen atoms in total. The van der Waals surface area contributed by atoms with Gasteiger partial charge in [-0.2, -0.15) is 0 Å². The smallest absolute Gasteiger partial charge is 0.0854 e. The second-order valence-electron chi connectivity index (χ2n) is 7.54. The molecule has 3 atom stereocenters. The molecule has 26 heavy (non-hydrogen) atoms. The zero-order chi connectivity index (χ0) is 18.1. The van der Waals surface area contributed by atoms with Crippen LogP contribution in [0.1, 0.15) is 53.2 Å². The highest BCUT2D eigenvalue weighted by Gasteiger charge is 2.29. The van der Waals surface area contributed by atoms with Crippen molar-refractivity contribution in [1.29, 1.82) is 0 Å². The Hall–Kier alpha value is -1.39. The third kappa shape index (κ3) is 3.81. The Morgan fingerprint density at radius 3 is 2.73 bits per heavy atom. The van der Waals surface area contributed by atoms with Gasteiger partial charge in [0.1, 0.15) is 0 Å². The maximum Gasteiger partial charge on any atom is 0.0854 e. The van der Waals surface area contributed by atoms with Crippen molar-refractivity contribution < 1.29 is 14.9 Å². The minimum atomic E-state index is -0.443. The van der Waals surface area contributed by atoms with Crippen molar-refractivity contribution >= 4 is 11.6 Å². The average molecular weight is 373 g/mol. The van der Waals surface area contributed by atoms with Crippen LogP contribution in [0.5, 0.6) is 0 Å². The van der Waals surface area contributed by atoms with Gasteiger partial charge in [0.2, 0.25) is 0 Å². The second kappa shape index (κ2) is 7.69. The van der Waals surface area contributed by atoms with Gasteiger partial charge in [0.25, 0.3) is 0 Å². The van der Waals surface area contributed by atoms with Gasteiger partial charge >= 0.3 is 0 Å². The molecule has 1 aliphatic carbocycles. The minimum Gasteiger partial charge on any atom is -0.394 e. The molecule has 0 aromatic heterocycles. The van der Waals surface area contributed by atoms with E-state index in [0.29, 0.717) is 12.8 Å². The number of rotatable bonds is 4. The van der Waals surface area contributed by atoms with Crippen molar-refractivity contribution in [2.24, 2.45) is 0 Å². The van der Waals surface area contributed by atoms with E-state index in [1.807, 2.05) is 12.1 Å². The number of fused-ring (bicyclic) bond motifs is 1. The highest BCUT2D eigenvalue weighted by Crippen LogP contribution is 2.34. The molecule has 138 valence electrons. The first-order valence-electron chi connectivity index (χ1n) is 9.46. The van der Waals surface area contributed by atoms with Crippen LogP contribution in [-0.4, -0.2) is 29.0 Å². The zero-order valence-corrected chi connectivity index (χ0v) is 15.6. The Morgan fingerprint density at radius 1 is 1.04 bits per heavy atom. The van der Waals surface area contributed by atoms with Crippen LogP contribution in [0.4, 0.5) is 0 Å². The van der Waals surface area contributed by atoms with Crippen molar-refractivity contribution in [2.75, 3.05) is 6.61 Å². The Bertz CT molecular complexity index is 789. The third-order valence-corrected chi connectivity index (χ3v) is 5.95. The standard InChI is InChI=1S/C22H25ClO3/c23-21-7-6-17(22-12-19(25)11-20(13-24)26-22)10-18(21)9-14-4-5-15-2-1-3-16(15)8-14/h4-8,10,19-20,22,24-25H,1-3,9,11-13H2. The highest BCUT2D eigenvalue weighted by atomic mass is 35.5. The van der Waals surface area contributed by atoms with Crippen LogP contribution in [0, 0.1) is 0 Å². The monoisotopic (exact) mass is 372 g/mol. The molecule has 2 aromatic carbocycles. The molecule has 3 unspecified atom stereocenters. The number of hydrogen-bond acceptors (Lipinski definition) is 3. The van der Waals surface area contributed by atoms with Crippen molar-refractivity contribution in [3.05, 3.63) is 69.2 Å². The molecule has 2 N–H and O–H groups in total. The van der Waals surface area contributed by atoms with Gasteiger partial charge in [-0.25, -0.2) is 0 Å². The lowest BCUT2D eigenvalue weighted by molar-refractivity contribution is -0.113. The molecule has 0 radical (unpaired) electrons. The molecule has 0 bridgehead atoms. The van der Waals surface area contributed by atoms with E-state index in [4.69, 9.17) is 16.3 Å². The second-order valence-corrected chi connectivity index (χ2v) is 7.95. The van der Waals surface area contributed by atoms with Crippen LogP contribution < -0.4 is 0 Å². The summed E-state index contributed by atoms with van der Waals surface area (Å²) in [6.45, 7) is -0.0663. The summed E-state index contributed by atoms with van der Waals surface area (Å²) in [5.41, 5.74) is 6.32. The number of hydrogen-bond donors (Lipinski definition) is 2. The number of aryl methyl sites for hydroxylation is 2. The zero-order valence-electron chi connectivity index (χ0n) is 14.8. The largest absolute Gasteiger partial charge is 0.394 e. The average Bonchev–Trinajstić information content (AvgIpc) is 3.10. The van der Waals surface area contributed by atoms with Gasteiger partial charge in [-0.3, -0.25) is 0 Å². The topological polar surface area (TPSA) is 49.7 Å². The van der Waals surface area contributed by atoms with E-state index in [1.54, 1.807) is 0 Å². The lowest BCUT2D eigenvalue weighted by atomic mass is 9.93. The summed E-state index contributed by atoms with van der Waals surface area (Å²) >= 11 is 6.46. The van der Waals surface area contributed by atoms with Gasteiger partial charge in [-0.05, 0) is 59.6 Å². The Morgan fingerprint density at radius 2 is 1.88 bits per heavy atom. The Labute approximate surface area is 159 Å². The van der Waals surface area contributed by atoms with Gasteiger partial charge < -0.3 is 14.9 Å². The quantitative estimate of drug-likeness (QED) is 0.853. The van der Waals surface area contributed by atoms with Crippen molar-refractivity contribution in [1.82, 2.24) is 0 Å². The predicted octanol–water partition coefficient (Wildman–Crippen LogP) is 3.99. The normalized spacial score (nSPS) is 25.3. The van der Waals surface area contributed by atoms with Crippen LogP contribution in [0.3, 0.4) is 0 Å². The first-order chi connectivity index (χ1) is 12.6. The van der Waals surface area contributed by atoms with Gasteiger partial charge in [-0.15, -0.1) is 0 Å². The lowest BCUT2D eigenvalue weighted by Crippen LogP contribution is -2.33. The van der Waals surface area contributed by atoms with Crippen molar-refractivity contribution in [2.45, 2.75) is 56.8 Å². The fourth-order valence-corrected chi connectivity index (χ4v) is 4.39.